The van der Waals surface area contributed by atoms with Crippen molar-refractivity contribution in [2.45, 2.75) is 25.7 Å². The summed E-state index contributed by atoms with van der Waals surface area (Å²) in [5.74, 6) is 1.12. The van der Waals surface area contributed by atoms with Crippen LogP contribution in [0.4, 0.5) is 10.8 Å². The van der Waals surface area contributed by atoms with E-state index in [-0.39, 0.29) is 22.5 Å². The molecule has 1 N–H and O–H groups in total. The molecular formula is C22H23N3O5S2. The highest BCUT2D eigenvalue weighted by Gasteiger charge is 2.25. The van der Waals surface area contributed by atoms with Gasteiger partial charge in [0.2, 0.25) is 0 Å². The van der Waals surface area contributed by atoms with Gasteiger partial charge in [-0.15, -0.1) is 11.3 Å². The van der Waals surface area contributed by atoms with Crippen molar-refractivity contribution in [3.63, 3.8) is 0 Å². The van der Waals surface area contributed by atoms with Crippen molar-refractivity contribution >= 4 is 38.1 Å². The molecule has 32 heavy (non-hydrogen) atoms. The molecule has 0 unspecified atom stereocenters. The van der Waals surface area contributed by atoms with E-state index in [0.29, 0.717) is 28.4 Å². The van der Waals surface area contributed by atoms with E-state index < -0.39 is 10.0 Å². The van der Waals surface area contributed by atoms with E-state index in [1.165, 1.54) is 11.3 Å². The Balaban J connectivity index is 1.67. The van der Waals surface area contributed by atoms with Gasteiger partial charge in [0.15, 0.2) is 11.7 Å². The summed E-state index contributed by atoms with van der Waals surface area (Å²) >= 11 is 1.25. The number of hydrogen-bond donors (Lipinski definition) is 1. The molecule has 2 aromatic carbocycles. The van der Waals surface area contributed by atoms with Gasteiger partial charge in [-0.2, -0.15) is 0 Å². The van der Waals surface area contributed by atoms with Crippen molar-refractivity contribution in [2.24, 2.45) is 0 Å². The average molecular weight is 474 g/mol. The summed E-state index contributed by atoms with van der Waals surface area (Å²) in [7, 11) is -0.593. The number of ether oxygens (including phenoxy) is 2. The van der Waals surface area contributed by atoms with Crippen LogP contribution in [-0.2, 0) is 14.8 Å². The quantitative estimate of drug-likeness (QED) is 0.604. The van der Waals surface area contributed by atoms with Gasteiger partial charge in [-0.05, 0) is 62.2 Å². The monoisotopic (exact) mass is 473 g/mol. The van der Waals surface area contributed by atoms with Gasteiger partial charge in [0, 0.05) is 17.5 Å². The molecule has 1 aliphatic rings. The number of thiazole rings is 1. The fraction of sp³-hybridized carbons (Fsp3) is 0.273. The zero-order chi connectivity index (χ0) is 23.2. The highest BCUT2D eigenvalue weighted by Crippen LogP contribution is 2.38. The first-order valence-corrected chi connectivity index (χ1v) is 12.1. The Morgan fingerprint density at radius 1 is 1.16 bits per heavy atom. The van der Waals surface area contributed by atoms with Gasteiger partial charge in [-0.25, -0.2) is 13.4 Å². The van der Waals surface area contributed by atoms with E-state index in [2.05, 4.69) is 9.71 Å². The predicted molar refractivity (Wildman–Crippen MR) is 124 cm³/mol. The molecule has 1 aromatic heterocycles. The fourth-order valence-electron chi connectivity index (χ4n) is 3.57. The number of aryl methyl sites for hydroxylation is 3. The normalized spacial score (nSPS) is 13.5. The Kier molecular flexibility index (Phi) is 5.59. The summed E-state index contributed by atoms with van der Waals surface area (Å²) in [4.78, 5) is 19.1. The minimum Gasteiger partial charge on any atom is -0.496 e. The smallest absolute Gasteiger partial charge is 0.264 e. The number of amides is 1. The molecule has 0 spiro atoms. The van der Waals surface area contributed by atoms with E-state index >= 15 is 0 Å². The number of nitrogens with zero attached hydrogens (tertiary/aromatic N) is 2. The Hall–Kier alpha value is -3.11. The van der Waals surface area contributed by atoms with Gasteiger partial charge in [0.05, 0.1) is 23.4 Å². The molecule has 0 saturated carbocycles. The van der Waals surface area contributed by atoms with Gasteiger partial charge in [-0.1, -0.05) is 0 Å². The number of methoxy groups -OCH3 is 1. The number of hydrogen-bond acceptors (Lipinski definition) is 7. The van der Waals surface area contributed by atoms with Gasteiger partial charge < -0.3 is 14.4 Å². The van der Waals surface area contributed by atoms with Crippen LogP contribution >= 0.6 is 11.3 Å². The van der Waals surface area contributed by atoms with Crippen LogP contribution in [0.3, 0.4) is 0 Å². The van der Waals surface area contributed by atoms with E-state index in [0.717, 1.165) is 16.0 Å². The van der Waals surface area contributed by atoms with Gasteiger partial charge in [-0.3, -0.25) is 9.52 Å². The van der Waals surface area contributed by atoms with Crippen LogP contribution < -0.4 is 19.1 Å². The van der Waals surface area contributed by atoms with Crippen LogP contribution in [0.5, 0.6) is 11.5 Å². The fourth-order valence-corrected chi connectivity index (χ4v) is 5.95. The van der Waals surface area contributed by atoms with E-state index in [4.69, 9.17) is 9.47 Å². The molecule has 3 aromatic rings. The number of anilines is 2. The highest BCUT2D eigenvalue weighted by molar-refractivity contribution is 7.93. The van der Waals surface area contributed by atoms with Crippen LogP contribution in [0.1, 0.15) is 16.0 Å². The number of carbonyl (C=O) groups excluding carboxylic acids is 1. The summed E-state index contributed by atoms with van der Waals surface area (Å²) in [5.41, 5.74) is 3.37. The molecule has 4 rings (SSSR count). The molecule has 0 radical (unpaired) electrons. The molecular weight excluding hydrogens is 450 g/mol. The number of aromatic nitrogens is 1. The van der Waals surface area contributed by atoms with E-state index in [1.807, 2.05) is 19.1 Å². The highest BCUT2D eigenvalue weighted by atomic mass is 32.2. The molecule has 0 bridgehead atoms. The standard InChI is InChI=1S/C22H23N3O5S2/c1-12-9-19(13(2)8-18(12)29-5)32(27,28)24-22-23-21(14(3)31-22)15-6-7-17-16(10-15)25(4)20(26)11-30-17/h6-10H,11H2,1-5H3,(H,23,24). The van der Waals surface area contributed by atoms with Crippen molar-refractivity contribution in [3.05, 3.63) is 46.3 Å². The molecule has 0 saturated heterocycles. The SMILES string of the molecule is COc1cc(C)c(S(=O)(=O)Nc2nc(-c3ccc4c(c3)N(C)C(=O)CO4)c(C)s2)cc1C. The third kappa shape index (κ3) is 3.91. The Morgan fingerprint density at radius 3 is 2.62 bits per heavy atom. The summed E-state index contributed by atoms with van der Waals surface area (Å²) in [6.45, 7) is 5.40. The second-order valence-electron chi connectivity index (χ2n) is 7.54. The zero-order valence-electron chi connectivity index (χ0n) is 18.3. The molecule has 1 amide bonds. The lowest BCUT2D eigenvalue weighted by molar-refractivity contribution is -0.120. The summed E-state index contributed by atoms with van der Waals surface area (Å²) in [6, 6.07) is 8.76. The van der Waals surface area contributed by atoms with E-state index in [9.17, 15) is 13.2 Å². The minimum atomic E-state index is -3.84. The minimum absolute atomic E-state index is 0.00869. The van der Waals surface area contributed by atoms with Gasteiger partial charge in [0.25, 0.3) is 15.9 Å². The summed E-state index contributed by atoms with van der Waals surface area (Å²) < 4.78 is 39.5. The van der Waals surface area contributed by atoms with Crippen LogP contribution in [0.15, 0.2) is 35.2 Å². The first-order valence-electron chi connectivity index (χ1n) is 9.80. The third-order valence-corrected chi connectivity index (χ3v) is 7.82. The molecule has 168 valence electrons. The summed E-state index contributed by atoms with van der Waals surface area (Å²) in [6.07, 6.45) is 0. The summed E-state index contributed by atoms with van der Waals surface area (Å²) in [5, 5.41) is 0.267. The number of sulfonamides is 1. The lowest BCUT2D eigenvalue weighted by Gasteiger charge is -2.26. The topological polar surface area (TPSA) is 97.8 Å². The molecule has 0 fully saturated rings. The zero-order valence-corrected chi connectivity index (χ0v) is 20.0. The van der Waals surface area contributed by atoms with Crippen molar-refractivity contribution in [2.75, 3.05) is 30.4 Å². The van der Waals surface area contributed by atoms with Crippen LogP contribution in [0.2, 0.25) is 0 Å². The lowest BCUT2D eigenvalue weighted by Crippen LogP contribution is -2.35. The van der Waals surface area contributed by atoms with Gasteiger partial charge in [0.1, 0.15) is 11.5 Å². The van der Waals surface area contributed by atoms with Crippen molar-refractivity contribution in [1.82, 2.24) is 4.98 Å². The van der Waals surface area contributed by atoms with Crippen molar-refractivity contribution < 1.29 is 22.7 Å². The first-order chi connectivity index (χ1) is 15.1. The van der Waals surface area contributed by atoms with E-state index in [1.54, 1.807) is 51.1 Å². The second-order valence-corrected chi connectivity index (χ2v) is 10.4. The maximum absolute atomic E-state index is 13.1. The molecule has 1 aliphatic heterocycles. The number of rotatable bonds is 5. The van der Waals surface area contributed by atoms with Crippen molar-refractivity contribution in [1.29, 1.82) is 0 Å². The number of likely N-dealkylation sites (N-methyl/N-ethyl adjacent to an activating group) is 1. The number of benzene rings is 2. The predicted octanol–water partition coefficient (Wildman–Crippen LogP) is 3.90. The largest absolute Gasteiger partial charge is 0.496 e. The maximum Gasteiger partial charge on any atom is 0.264 e. The number of fused-ring (bicyclic) bond motifs is 1. The van der Waals surface area contributed by atoms with Crippen LogP contribution in [0.25, 0.3) is 11.3 Å². The lowest BCUT2D eigenvalue weighted by atomic mass is 10.1. The van der Waals surface area contributed by atoms with Crippen LogP contribution in [0, 0.1) is 20.8 Å². The second kappa shape index (κ2) is 8.10. The van der Waals surface area contributed by atoms with Crippen molar-refractivity contribution in [3.8, 4) is 22.8 Å². The third-order valence-electron chi connectivity index (χ3n) is 5.32. The Morgan fingerprint density at radius 2 is 1.91 bits per heavy atom. The maximum atomic E-state index is 13.1. The molecule has 0 aliphatic carbocycles. The molecule has 2 heterocycles. The average Bonchev–Trinajstić information content (AvgIpc) is 3.11. The molecule has 0 atom stereocenters. The Labute approximate surface area is 190 Å². The van der Waals surface area contributed by atoms with Crippen LogP contribution in [-0.4, -0.2) is 40.1 Å². The van der Waals surface area contributed by atoms with Gasteiger partial charge >= 0.3 is 0 Å². The number of nitrogens with one attached hydrogen (secondary N) is 1. The number of carbonyl (C=O) groups is 1. The molecule has 8 nitrogen and oxygen atoms in total. The Bertz CT molecular complexity index is 1330. The first kappa shape index (κ1) is 22.1. The molecule has 10 heteroatoms.